The van der Waals surface area contributed by atoms with Crippen LogP contribution in [0.5, 0.6) is 0 Å². The molecule has 0 bridgehead atoms. The number of rotatable bonds is 2. The second-order valence-corrected chi connectivity index (χ2v) is 7.43. The SMILES string of the molecule is CNC(=O)c1cc2c(C3=CCN(C(=O)OC(C)(C)C)CC3)cccc2[nH]1. The van der Waals surface area contributed by atoms with Crippen molar-refractivity contribution in [3.63, 3.8) is 0 Å². The summed E-state index contributed by atoms with van der Waals surface area (Å²) in [5, 5.41) is 3.65. The molecule has 2 heterocycles. The molecule has 2 N–H and O–H groups in total. The minimum Gasteiger partial charge on any atom is -0.444 e. The van der Waals surface area contributed by atoms with Crippen LogP contribution in [0.1, 0.15) is 43.2 Å². The monoisotopic (exact) mass is 355 g/mol. The lowest BCUT2D eigenvalue weighted by Gasteiger charge is -2.29. The Morgan fingerprint density at radius 2 is 2.04 bits per heavy atom. The molecular formula is C20H25N3O3. The Morgan fingerprint density at radius 3 is 2.65 bits per heavy atom. The first-order valence-corrected chi connectivity index (χ1v) is 8.79. The van der Waals surface area contributed by atoms with Crippen molar-refractivity contribution in [2.24, 2.45) is 0 Å². The lowest BCUT2D eigenvalue weighted by Crippen LogP contribution is -2.39. The number of nitrogens with one attached hydrogen (secondary N) is 2. The molecule has 26 heavy (non-hydrogen) atoms. The lowest BCUT2D eigenvalue weighted by molar-refractivity contribution is 0.0270. The molecule has 2 amide bonds. The molecule has 0 atom stereocenters. The molecule has 1 aliphatic heterocycles. The maximum Gasteiger partial charge on any atom is 0.410 e. The van der Waals surface area contributed by atoms with E-state index in [1.165, 1.54) is 5.57 Å². The number of H-pyrrole nitrogens is 1. The van der Waals surface area contributed by atoms with Crippen LogP contribution in [-0.4, -0.2) is 47.6 Å². The minimum atomic E-state index is -0.492. The van der Waals surface area contributed by atoms with Gasteiger partial charge in [-0.15, -0.1) is 0 Å². The summed E-state index contributed by atoms with van der Waals surface area (Å²) in [6, 6.07) is 7.87. The molecule has 1 aromatic carbocycles. The van der Waals surface area contributed by atoms with E-state index in [9.17, 15) is 9.59 Å². The largest absolute Gasteiger partial charge is 0.444 e. The number of amides is 2. The van der Waals surface area contributed by atoms with Gasteiger partial charge in [0.25, 0.3) is 5.91 Å². The van der Waals surface area contributed by atoms with Crippen LogP contribution in [0.3, 0.4) is 0 Å². The van der Waals surface area contributed by atoms with Crippen LogP contribution in [0.4, 0.5) is 4.79 Å². The third kappa shape index (κ3) is 3.74. The molecule has 6 heteroatoms. The van der Waals surface area contributed by atoms with Crippen LogP contribution in [0.25, 0.3) is 16.5 Å². The maximum atomic E-state index is 12.2. The molecule has 0 radical (unpaired) electrons. The van der Waals surface area contributed by atoms with Crippen molar-refractivity contribution in [1.82, 2.24) is 15.2 Å². The third-order valence-corrected chi connectivity index (χ3v) is 4.34. The number of aromatic amines is 1. The average Bonchev–Trinajstić information content (AvgIpc) is 3.04. The number of fused-ring (bicyclic) bond motifs is 1. The summed E-state index contributed by atoms with van der Waals surface area (Å²) in [5.74, 6) is -0.138. The first-order chi connectivity index (χ1) is 12.3. The Bertz CT molecular complexity index is 874. The van der Waals surface area contributed by atoms with E-state index in [0.717, 1.165) is 22.9 Å². The first-order valence-electron chi connectivity index (χ1n) is 8.79. The molecular weight excluding hydrogens is 330 g/mol. The van der Waals surface area contributed by atoms with Crippen molar-refractivity contribution in [1.29, 1.82) is 0 Å². The van der Waals surface area contributed by atoms with Crippen molar-refractivity contribution in [3.05, 3.63) is 41.6 Å². The molecule has 0 saturated heterocycles. The number of carbonyl (C=O) groups excluding carboxylic acids is 2. The third-order valence-electron chi connectivity index (χ3n) is 4.34. The summed E-state index contributed by atoms with van der Waals surface area (Å²) in [7, 11) is 1.61. The number of carbonyl (C=O) groups is 2. The fraction of sp³-hybridized carbons (Fsp3) is 0.400. The number of nitrogens with zero attached hydrogens (tertiary/aromatic N) is 1. The van der Waals surface area contributed by atoms with Gasteiger partial charge in [0.15, 0.2) is 0 Å². The molecule has 3 rings (SSSR count). The van der Waals surface area contributed by atoms with E-state index >= 15 is 0 Å². The standard InChI is InChI=1S/C20H25N3O3/c1-20(2,3)26-19(25)23-10-8-13(9-11-23)14-6-5-7-16-15(14)12-17(22-16)18(24)21-4/h5-8,12,22H,9-11H2,1-4H3,(H,21,24). The Hall–Kier alpha value is -2.76. The van der Waals surface area contributed by atoms with E-state index in [0.29, 0.717) is 18.8 Å². The molecule has 1 aromatic heterocycles. The molecule has 1 aliphatic rings. The molecule has 2 aromatic rings. The summed E-state index contributed by atoms with van der Waals surface area (Å²) < 4.78 is 5.44. The van der Waals surface area contributed by atoms with Gasteiger partial charge in [-0.2, -0.15) is 0 Å². The van der Waals surface area contributed by atoms with E-state index in [1.807, 2.05) is 39.0 Å². The molecule has 0 unspecified atom stereocenters. The van der Waals surface area contributed by atoms with Crippen molar-refractivity contribution < 1.29 is 14.3 Å². The van der Waals surface area contributed by atoms with E-state index in [-0.39, 0.29) is 12.0 Å². The molecule has 6 nitrogen and oxygen atoms in total. The number of hydrogen-bond donors (Lipinski definition) is 2. The van der Waals surface area contributed by atoms with E-state index in [1.54, 1.807) is 11.9 Å². The van der Waals surface area contributed by atoms with E-state index < -0.39 is 5.60 Å². The lowest BCUT2D eigenvalue weighted by atomic mass is 9.96. The van der Waals surface area contributed by atoms with Gasteiger partial charge in [0.05, 0.1) is 0 Å². The zero-order chi connectivity index (χ0) is 18.9. The molecule has 138 valence electrons. The fourth-order valence-corrected chi connectivity index (χ4v) is 3.10. The first kappa shape index (κ1) is 18.0. The van der Waals surface area contributed by atoms with Crippen LogP contribution in [0, 0.1) is 0 Å². The second-order valence-electron chi connectivity index (χ2n) is 7.43. The quantitative estimate of drug-likeness (QED) is 0.865. The average molecular weight is 355 g/mol. The van der Waals surface area contributed by atoms with Gasteiger partial charge in [-0.1, -0.05) is 18.2 Å². The van der Waals surface area contributed by atoms with Gasteiger partial charge in [0.2, 0.25) is 0 Å². The topological polar surface area (TPSA) is 74.4 Å². The van der Waals surface area contributed by atoms with Gasteiger partial charge >= 0.3 is 6.09 Å². The molecule has 0 aliphatic carbocycles. The zero-order valence-corrected chi connectivity index (χ0v) is 15.7. The molecule has 0 spiro atoms. The summed E-state index contributed by atoms with van der Waals surface area (Å²) in [6.45, 7) is 6.74. The highest BCUT2D eigenvalue weighted by molar-refractivity contribution is 6.01. The Balaban J connectivity index is 1.83. The van der Waals surface area contributed by atoms with Crippen molar-refractivity contribution in [2.45, 2.75) is 32.8 Å². The van der Waals surface area contributed by atoms with Crippen molar-refractivity contribution in [3.8, 4) is 0 Å². The predicted molar refractivity (Wildman–Crippen MR) is 102 cm³/mol. The van der Waals surface area contributed by atoms with Gasteiger partial charge in [0.1, 0.15) is 11.3 Å². The summed E-state index contributed by atoms with van der Waals surface area (Å²) in [4.78, 5) is 29.0. The normalized spacial score (nSPS) is 14.9. The maximum absolute atomic E-state index is 12.2. The smallest absolute Gasteiger partial charge is 0.410 e. The van der Waals surface area contributed by atoms with Crippen LogP contribution in [0.15, 0.2) is 30.3 Å². The summed E-state index contributed by atoms with van der Waals surface area (Å²) in [5.41, 5.74) is 3.25. The minimum absolute atomic E-state index is 0.138. The number of aromatic nitrogens is 1. The van der Waals surface area contributed by atoms with Crippen LogP contribution >= 0.6 is 0 Å². The Kier molecular flexibility index (Phi) is 4.76. The van der Waals surface area contributed by atoms with Crippen molar-refractivity contribution in [2.75, 3.05) is 20.1 Å². The Labute approximate surface area is 153 Å². The van der Waals surface area contributed by atoms with E-state index in [2.05, 4.69) is 22.4 Å². The Morgan fingerprint density at radius 1 is 1.27 bits per heavy atom. The van der Waals surface area contributed by atoms with Crippen LogP contribution < -0.4 is 5.32 Å². The second kappa shape index (κ2) is 6.86. The van der Waals surface area contributed by atoms with Gasteiger partial charge in [-0.05, 0) is 50.5 Å². The van der Waals surface area contributed by atoms with Gasteiger partial charge < -0.3 is 19.9 Å². The number of ether oxygens (including phenoxy) is 1. The van der Waals surface area contributed by atoms with E-state index in [4.69, 9.17) is 4.74 Å². The number of hydrogen-bond acceptors (Lipinski definition) is 3. The summed E-state index contributed by atoms with van der Waals surface area (Å²) >= 11 is 0. The predicted octanol–water partition coefficient (Wildman–Crippen LogP) is 3.55. The van der Waals surface area contributed by atoms with Gasteiger partial charge in [0, 0.05) is 31.0 Å². The molecule has 0 fully saturated rings. The van der Waals surface area contributed by atoms with Gasteiger partial charge in [-0.3, -0.25) is 4.79 Å². The number of benzene rings is 1. The molecule has 0 saturated carbocycles. The van der Waals surface area contributed by atoms with Crippen LogP contribution in [-0.2, 0) is 4.74 Å². The fourth-order valence-electron chi connectivity index (χ4n) is 3.10. The zero-order valence-electron chi connectivity index (χ0n) is 15.7. The highest BCUT2D eigenvalue weighted by Crippen LogP contribution is 2.30. The van der Waals surface area contributed by atoms with Crippen molar-refractivity contribution >= 4 is 28.5 Å². The van der Waals surface area contributed by atoms with Gasteiger partial charge in [-0.25, -0.2) is 4.79 Å². The highest BCUT2D eigenvalue weighted by Gasteiger charge is 2.24. The highest BCUT2D eigenvalue weighted by atomic mass is 16.6. The van der Waals surface area contributed by atoms with Crippen LogP contribution in [0.2, 0.25) is 0 Å². The summed E-state index contributed by atoms with van der Waals surface area (Å²) in [6.07, 6.45) is 2.53.